The average Bonchev–Trinajstić information content (AvgIpc) is 3.04. The lowest BCUT2D eigenvalue weighted by molar-refractivity contribution is 1.23. The summed E-state index contributed by atoms with van der Waals surface area (Å²) in [5, 5.41) is 6.71. The summed E-state index contributed by atoms with van der Waals surface area (Å²) < 4.78 is 0. The number of hydrogen-bond donors (Lipinski definition) is 1. The highest BCUT2D eigenvalue weighted by molar-refractivity contribution is 7.99. The number of anilines is 1. The van der Waals surface area contributed by atoms with E-state index in [-0.39, 0.29) is 5.25 Å². The van der Waals surface area contributed by atoms with Crippen LogP contribution in [0.3, 0.4) is 0 Å². The van der Waals surface area contributed by atoms with E-state index in [0.29, 0.717) is 0 Å². The second kappa shape index (κ2) is 6.67. The van der Waals surface area contributed by atoms with Gasteiger partial charge in [-0.25, -0.2) is 0 Å². The third-order valence-corrected chi connectivity index (χ3v) is 6.46. The number of thioether (sulfide) groups is 1. The zero-order valence-corrected chi connectivity index (χ0v) is 15.5. The monoisotopic (exact) mass is 369 g/mol. The molecule has 1 atom stereocenters. The third-order valence-electron chi connectivity index (χ3n) is 3.98. The van der Waals surface area contributed by atoms with Crippen molar-refractivity contribution in [3.63, 3.8) is 0 Å². The number of halogens is 1. The van der Waals surface area contributed by atoms with E-state index in [1.165, 1.54) is 15.3 Å². The number of nitrogens with one attached hydrogen (secondary N) is 1. The Morgan fingerprint density at radius 3 is 2.71 bits per heavy atom. The molecule has 3 aromatic rings. The number of thiophene rings is 1. The second-order valence-electron chi connectivity index (χ2n) is 5.74. The van der Waals surface area contributed by atoms with E-state index in [4.69, 9.17) is 11.6 Å². The van der Waals surface area contributed by atoms with Crippen molar-refractivity contribution < 1.29 is 0 Å². The van der Waals surface area contributed by atoms with Gasteiger partial charge >= 0.3 is 0 Å². The molecule has 1 nitrogen and oxygen atoms in total. The summed E-state index contributed by atoms with van der Waals surface area (Å²) in [5.41, 5.74) is 4.71. The molecule has 0 fully saturated rings. The SMILES string of the molecule is Cc1ccc2c(c1)SC(c1ccccc1Cl)C=C(c1cccs1)N2. The van der Waals surface area contributed by atoms with E-state index in [2.05, 4.69) is 66.2 Å². The molecule has 1 aromatic heterocycles. The zero-order chi connectivity index (χ0) is 16.5. The maximum Gasteiger partial charge on any atom is 0.0563 e. The van der Waals surface area contributed by atoms with E-state index in [0.717, 1.165) is 22.0 Å². The summed E-state index contributed by atoms with van der Waals surface area (Å²) >= 11 is 10.1. The molecule has 0 saturated heterocycles. The van der Waals surface area contributed by atoms with Crippen LogP contribution in [0.5, 0.6) is 0 Å². The van der Waals surface area contributed by atoms with E-state index >= 15 is 0 Å². The highest BCUT2D eigenvalue weighted by atomic mass is 35.5. The van der Waals surface area contributed by atoms with Crippen LogP contribution < -0.4 is 5.32 Å². The van der Waals surface area contributed by atoms with Gasteiger partial charge in [-0.3, -0.25) is 0 Å². The predicted octanol–water partition coefficient (Wildman–Crippen LogP) is 7.01. The molecular weight excluding hydrogens is 354 g/mol. The smallest absolute Gasteiger partial charge is 0.0563 e. The standard InChI is InChI=1S/C20H16ClNS2/c1-13-8-9-16-20(11-13)24-19(14-5-2-3-6-15(14)21)12-17(22-16)18-7-4-10-23-18/h2-12,19,22H,1H3. The van der Waals surface area contributed by atoms with Gasteiger partial charge in [0.25, 0.3) is 0 Å². The summed E-state index contributed by atoms with van der Waals surface area (Å²) in [6.07, 6.45) is 2.28. The molecular formula is C20H16ClNS2. The van der Waals surface area contributed by atoms with Crippen molar-refractivity contribution in [2.24, 2.45) is 0 Å². The van der Waals surface area contributed by atoms with Crippen LogP contribution in [0.25, 0.3) is 5.70 Å². The predicted molar refractivity (Wildman–Crippen MR) is 107 cm³/mol. The van der Waals surface area contributed by atoms with Crippen molar-refractivity contribution in [3.8, 4) is 0 Å². The molecule has 1 unspecified atom stereocenters. The van der Waals surface area contributed by atoms with Gasteiger partial charge in [0, 0.05) is 9.92 Å². The normalized spacial score (nSPS) is 16.8. The molecule has 0 radical (unpaired) electrons. The highest BCUT2D eigenvalue weighted by Gasteiger charge is 2.21. The molecule has 0 aliphatic carbocycles. The zero-order valence-electron chi connectivity index (χ0n) is 13.1. The van der Waals surface area contributed by atoms with Gasteiger partial charge in [0.1, 0.15) is 0 Å². The Bertz CT molecular complexity index is 900. The van der Waals surface area contributed by atoms with Gasteiger partial charge in [0.05, 0.1) is 21.5 Å². The van der Waals surface area contributed by atoms with Crippen LogP contribution in [0.4, 0.5) is 5.69 Å². The lowest BCUT2D eigenvalue weighted by atomic mass is 10.1. The van der Waals surface area contributed by atoms with Crippen molar-refractivity contribution in [2.75, 3.05) is 5.32 Å². The molecule has 1 aliphatic rings. The van der Waals surface area contributed by atoms with Crippen LogP contribution in [0.1, 0.15) is 21.3 Å². The van der Waals surface area contributed by atoms with Crippen molar-refractivity contribution in [1.29, 1.82) is 0 Å². The Labute approximate surface area is 155 Å². The number of aryl methyl sites for hydroxylation is 1. The van der Waals surface area contributed by atoms with Crippen LogP contribution in [0.15, 0.2) is 70.9 Å². The number of benzene rings is 2. The van der Waals surface area contributed by atoms with E-state index in [1.54, 1.807) is 11.3 Å². The molecule has 2 aromatic carbocycles. The molecule has 0 bridgehead atoms. The number of rotatable bonds is 2. The van der Waals surface area contributed by atoms with Gasteiger partial charge in [0.2, 0.25) is 0 Å². The first-order valence-electron chi connectivity index (χ1n) is 7.75. The molecule has 4 rings (SSSR count). The Morgan fingerprint density at radius 1 is 1.04 bits per heavy atom. The molecule has 24 heavy (non-hydrogen) atoms. The molecule has 4 heteroatoms. The van der Waals surface area contributed by atoms with Crippen molar-refractivity contribution >= 4 is 46.1 Å². The quantitative estimate of drug-likeness (QED) is 0.521. The third kappa shape index (κ3) is 3.12. The Balaban J connectivity index is 1.85. The highest BCUT2D eigenvalue weighted by Crippen LogP contribution is 2.46. The fourth-order valence-corrected chi connectivity index (χ4v) is 5.11. The number of hydrogen-bond acceptors (Lipinski definition) is 3. The van der Waals surface area contributed by atoms with Gasteiger partial charge in [-0.05, 0) is 53.8 Å². The van der Waals surface area contributed by atoms with Crippen molar-refractivity contribution in [3.05, 3.63) is 87.1 Å². The lowest BCUT2D eigenvalue weighted by Crippen LogP contribution is -1.97. The van der Waals surface area contributed by atoms with Crippen LogP contribution in [-0.4, -0.2) is 0 Å². The Hall–Kier alpha value is -1.68. The minimum Gasteiger partial charge on any atom is -0.354 e. The van der Waals surface area contributed by atoms with Crippen LogP contribution in [-0.2, 0) is 0 Å². The van der Waals surface area contributed by atoms with Crippen molar-refractivity contribution in [1.82, 2.24) is 0 Å². The van der Waals surface area contributed by atoms with E-state index in [1.807, 2.05) is 23.9 Å². The van der Waals surface area contributed by atoms with Gasteiger partial charge in [-0.1, -0.05) is 41.9 Å². The van der Waals surface area contributed by atoms with Gasteiger partial charge in [-0.2, -0.15) is 0 Å². The van der Waals surface area contributed by atoms with Gasteiger partial charge in [0.15, 0.2) is 0 Å². The maximum atomic E-state index is 6.48. The first-order valence-corrected chi connectivity index (χ1v) is 9.89. The average molecular weight is 370 g/mol. The van der Waals surface area contributed by atoms with Crippen molar-refractivity contribution in [2.45, 2.75) is 17.1 Å². The molecule has 0 spiro atoms. The molecule has 0 saturated carbocycles. The summed E-state index contributed by atoms with van der Waals surface area (Å²) in [7, 11) is 0. The van der Waals surface area contributed by atoms with E-state index in [9.17, 15) is 0 Å². The molecule has 2 heterocycles. The fraction of sp³-hybridized carbons (Fsp3) is 0.100. The molecule has 1 aliphatic heterocycles. The molecule has 1 N–H and O–H groups in total. The maximum absolute atomic E-state index is 6.48. The Kier molecular flexibility index (Phi) is 4.40. The van der Waals surface area contributed by atoms with Gasteiger partial charge in [-0.15, -0.1) is 23.1 Å². The van der Waals surface area contributed by atoms with Crippen LogP contribution >= 0.6 is 34.7 Å². The fourth-order valence-electron chi connectivity index (χ4n) is 2.77. The minimum atomic E-state index is 0.173. The van der Waals surface area contributed by atoms with Crippen LogP contribution in [0, 0.1) is 6.92 Å². The molecule has 120 valence electrons. The largest absolute Gasteiger partial charge is 0.354 e. The summed E-state index contributed by atoms with van der Waals surface area (Å²) in [6, 6.07) is 18.9. The first kappa shape index (κ1) is 15.8. The first-order chi connectivity index (χ1) is 11.7. The summed E-state index contributed by atoms with van der Waals surface area (Å²) in [6.45, 7) is 2.13. The van der Waals surface area contributed by atoms with E-state index < -0.39 is 0 Å². The summed E-state index contributed by atoms with van der Waals surface area (Å²) in [4.78, 5) is 2.49. The molecule has 0 amide bonds. The second-order valence-corrected chi connectivity index (χ2v) is 8.28. The Morgan fingerprint density at radius 2 is 1.92 bits per heavy atom. The topological polar surface area (TPSA) is 12.0 Å². The van der Waals surface area contributed by atoms with Crippen LogP contribution in [0.2, 0.25) is 5.02 Å². The van der Waals surface area contributed by atoms with Gasteiger partial charge < -0.3 is 5.32 Å². The lowest BCUT2D eigenvalue weighted by Gasteiger charge is -2.14. The number of fused-ring (bicyclic) bond motifs is 1. The minimum absolute atomic E-state index is 0.173. The summed E-state index contributed by atoms with van der Waals surface area (Å²) in [5.74, 6) is 0.